The van der Waals surface area contributed by atoms with Gasteiger partial charge in [-0.3, -0.25) is 9.59 Å². The first-order chi connectivity index (χ1) is 9.60. The van der Waals surface area contributed by atoms with Gasteiger partial charge in [0.15, 0.2) is 0 Å². The molecule has 1 aliphatic carbocycles. The molecule has 0 saturated heterocycles. The zero-order valence-electron chi connectivity index (χ0n) is 11.9. The third kappa shape index (κ3) is 3.50. The fourth-order valence-corrected chi connectivity index (χ4v) is 2.10. The van der Waals surface area contributed by atoms with Gasteiger partial charge >= 0.3 is 0 Å². The first-order valence-electron chi connectivity index (χ1n) is 6.82. The summed E-state index contributed by atoms with van der Waals surface area (Å²) in [6.07, 6.45) is 2.96. The molecule has 0 bridgehead atoms. The summed E-state index contributed by atoms with van der Waals surface area (Å²) in [5.41, 5.74) is 1.65. The van der Waals surface area contributed by atoms with E-state index in [0.29, 0.717) is 11.4 Å². The Balaban J connectivity index is 1.87. The zero-order valence-corrected chi connectivity index (χ0v) is 11.9. The second kappa shape index (κ2) is 6.41. The minimum atomic E-state index is -0.249. The second-order valence-electron chi connectivity index (χ2n) is 5.10. The monoisotopic (exact) mass is 276 g/mol. The number of nitrogens with one attached hydrogen (secondary N) is 2. The number of carbonyl (C=O) groups excluding carboxylic acids is 2. The van der Waals surface area contributed by atoms with Crippen molar-refractivity contribution < 1.29 is 14.3 Å². The first kappa shape index (κ1) is 14.4. The lowest BCUT2D eigenvalue weighted by Gasteiger charge is -2.23. The van der Waals surface area contributed by atoms with E-state index in [4.69, 9.17) is 4.74 Å². The van der Waals surface area contributed by atoms with E-state index >= 15 is 0 Å². The van der Waals surface area contributed by atoms with Gasteiger partial charge in [0, 0.05) is 5.92 Å². The van der Waals surface area contributed by atoms with Crippen LogP contribution in [-0.2, 0) is 9.59 Å². The Kier molecular flexibility index (Phi) is 4.61. The predicted octanol–water partition coefficient (Wildman–Crippen LogP) is 1.86. The van der Waals surface area contributed by atoms with Crippen LogP contribution in [0.4, 0.5) is 5.69 Å². The van der Waals surface area contributed by atoms with Crippen LogP contribution in [0.25, 0.3) is 0 Å². The van der Waals surface area contributed by atoms with Crippen LogP contribution >= 0.6 is 0 Å². The first-order valence-corrected chi connectivity index (χ1v) is 6.82. The highest BCUT2D eigenvalue weighted by Crippen LogP contribution is 2.26. The summed E-state index contributed by atoms with van der Waals surface area (Å²) in [5.74, 6) is 0.426. The molecule has 2 rings (SSSR count). The third-order valence-electron chi connectivity index (χ3n) is 3.53. The highest BCUT2D eigenvalue weighted by Gasteiger charge is 2.25. The van der Waals surface area contributed by atoms with Crippen LogP contribution in [0, 0.1) is 12.8 Å². The molecule has 5 nitrogen and oxygen atoms in total. The number of rotatable bonds is 5. The van der Waals surface area contributed by atoms with Crippen LogP contribution in [0.3, 0.4) is 0 Å². The van der Waals surface area contributed by atoms with Gasteiger partial charge in [-0.2, -0.15) is 0 Å². The van der Waals surface area contributed by atoms with Crippen LogP contribution in [-0.4, -0.2) is 25.5 Å². The van der Waals surface area contributed by atoms with Gasteiger partial charge < -0.3 is 15.4 Å². The molecule has 0 atom stereocenters. The van der Waals surface area contributed by atoms with Crippen molar-refractivity contribution in [2.45, 2.75) is 26.2 Å². The summed E-state index contributed by atoms with van der Waals surface area (Å²) in [7, 11) is 1.55. The summed E-state index contributed by atoms with van der Waals surface area (Å²) in [6, 6.07) is 5.55. The molecule has 0 unspecified atom stereocenters. The van der Waals surface area contributed by atoms with E-state index in [-0.39, 0.29) is 24.3 Å². The van der Waals surface area contributed by atoms with Crippen LogP contribution in [0.5, 0.6) is 5.75 Å². The molecule has 2 N–H and O–H groups in total. The molecule has 0 aliphatic heterocycles. The van der Waals surface area contributed by atoms with Crippen molar-refractivity contribution in [3.8, 4) is 5.75 Å². The van der Waals surface area contributed by atoms with E-state index in [2.05, 4.69) is 10.6 Å². The normalized spacial score (nSPS) is 14.3. The number of aryl methyl sites for hydroxylation is 1. The summed E-state index contributed by atoms with van der Waals surface area (Å²) < 4.78 is 5.19. The molecule has 1 aromatic carbocycles. The molecule has 0 aromatic heterocycles. The van der Waals surface area contributed by atoms with Crippen molar-refractivity contribution >= 4 is 17.5 Å². The topological polar surface area (TPSA) is 67.4 Å². The lowest BCUT2D eigenvalue weighted by Crippen LogP contribution is -2.39. The molecule has 0 radical (unpaired) electrons. The molecular weight excluding hydrogens is 256 g/mol. The third-order valence-corrected chi connectivity index (χ3v) is 3.53. The van der Waals surface area contributed by atoms with Crippen molar-refractivity contribution in [3.63, 3.8) is 0 Å². The number of anilines is 1. The molecular formula is C15H20N2O3. The van der Waals surface area contributed by atoms with E-state index in [1.165, 1.54) is 0 Å². The maximum Gasteiger partial charge on any atom is 0.243 e. The van der Waals surface area contributed by atoms with Gasteiger partial charge in [0.1, 0.15) is 5.75 Å². The average molecular weight is 276 g/mol. The summed E-state index contributed by atoms with van der Waals surface area (Å²) in [5, 5.41) is 5.42. The highest BCUT2D eigenvalue weighted by molar-refractivity contribution is 5.96. The lowest BCUT2D eigenvalue weighted by atomic mass is 9.85. The minimum Gasteiger partial charge on any atom is -0.495 e. The van der Waals surface area contributed by atoms with Gasteiger partial charge in [0.2, 0.25) is 11.8 Å². The van der Waals surface area contributed by atoms with Gasteiger partial charge in [-0.25, -0.2) is 0 Å². The van der Waals surface area contributed by atoms with Crippen LogP contribution in [0.1, 0.15) is 24.8 Å². The molecule has 1 saturated carbocycles. The molecule has 0 spiro atoms. The number of benzene rings is 1. The van der Waals surface area contributed by atoms with Crippen LogP contribution < -0.4 is 15.4 Å². The van der Waals surface area contributed by atoms with E-state index in [0.717, 1.165) is 24.8 Å². The van der Waals surface area contributed by atoms with Gasteiger partial charge in [0.05, 0.1) is 19.3 Å². The Morgan fingerprint density at radius 3 is 2.70 bits per heavy atom. The van der Waals surface area contributed by atoms with Gasteiger partial charge in [-0.1, -0.05) is 12.5 Å². The van der Waals surface area contributed by atoms with Crippen LogP contribution in [0.2, 0.25) is 0 Å². The van der Waals surface area contributed by atoms with E-state index in [1.54, 1.807) is 13.2 Å². The number of ether oxygens (including phenoxy) is 1. The molecule has 2 amide bonds. The lowest BCUT2D eigenvalue weighted by molar-refractivity contribution is -0.129. The van der Waals surface area contributed by atoms with Gasteiger partial charge in [-0.05, 0) is 37.5 Å². The Morgan fingerprint density at radius 2 is 2.10 bits per heavy atom. The van der Waals surface area contributed by atoms with Gasteiger partial charge in [0.25, 0.3) is 0 Å². The highest BCUT2D eigenvalue weighted by atomic mass is 16.5. The molecule has 0 heterocycles. The maximum atomic E-state index is 11.8. The largest absolute Gasteiger partial charge is 0.495 e. The summed E-state index contributed by atoms with van der Waals surface area (Å²) in [4.78, 5) is 23.5. The standard InChI is InChI=1S/C15H20N2O3/c1-10-6-7-13(20-2)12(8-10)17-14(18)9-16-15(19)11-4-3-5-11/h6-8,11H,3-5,9H2,1-2H3,(H,16,19)(H,17,18). The number of hydrogen-bond acceptors (Lipinski definition) is 3. The quantitative estimate of drug-likeness (QED) is 0.862. The molecule has 1 aliphatic rings. The maximum absolute atomic E-state index is 11.8. The van der Waals surface area contributed by atoms with Crippen LogP contribution in [0.15, 0.2) is 18.2 Å². The number of hydrogen-bond donors (Lipinski definition) is 2. The Labute approximate surface area is 118 Å². The van der Waals surface area contributed by atoms with Crippen molar-refractivity contribution in [1.29, 1.82) is 0 Å². The molecule has 1 aromatic rings. The molecule has 5 heteroatoms. The zero-order chi connectivity index (χ0) is 14.5. The van der Waals surface area contributed by atoms with E-state index < -0.39 is 0 Å². The fourth-order valence-electron chi connectivity index (χ4n) is 2.10. The average Bonchev–Trinajstić information content (AvgIpc) is 2.34. The number of amides is 2. The van der Waals surface area contributed by atoms with Gasteiger partial charge in [-0.15, -0.1) is 0 Å². The predicted molar refractivity (Wildman–Crippen MR) is 76.7 cm³/mol. The second-order valence-corrected chi connectivity index (χ2v) is 5.10. The minimum absolute atomic E-state index is 0.00751. The van der Waals surface area contributed by atoms with Crippen molar-refractivity contribution in [3.05, 3.63) is 23.8 Å². The Bertz CT molecular complexity index is 510. The van der Waals surface area contributed by atoms with Crippen molar-refractivity contribution in [2.75, 3.05) is 19.0 Å². The molecule has 108 valence electrons. The Hall–Kier alpha value is -2.04. The number of methoxy groups -OCH3 is 1. The summed E-state index contributed by atoms with van der Waals surface area (Å²) in [6.45, 7) is 1.93. The smallest absolute Gasteiger partial charge is 0.243 e. The van der Waals surface area contributed by atoms with Crippen molar-refractivity contribution in [2.24, 2.45) is 5.92 Å². The fraction of sp³-hybridized carbons (Fsp3) is 0.467. The van der Waals surface area contributed by atoms with E-state index in [1.807, 2.05) is 19.1 Å². The molecule has 20 heavy (non-hydrogen) atoms. The molecule has 1 fully saturated rings. The SMILES string of the molecule is COc1ccc(C)cc1NC(=O)CNC(=O)C1CCC1. The van der Waals surface area contributed by atoms with E-state index in [9.17, 15) is 9.59 Å². The van der Waals surface area contributed by atoms with Crippen molar-refractivity contribution in [1.82, 2.24) is 5.32 Å². The summed E-state index contributed by atoms with van der Waals surface area (Å²) >= 11 is 0. The Morgan fingerprint density at radius 1 is 1.35 bits per heavy atom. The number of carbonyl (C=O) groups is 2.